The average molecular weight is 572 g/mol. The summed E-state index contributed by atoms with van der Waals surface area (Å²) >= 11 is 9.20. The van der Waals surface area contributed by atoms with Gasteiger partial charge in [-0.1, -0.05) is 57.9 Å². The Morgan fingerprint density at radius 3 is 2.43 bits per heavy atom. The molecule has 2 aliphatic heterocycles. The second kappa shape index (κ2) is 10.2. The van der Waals surface area contributed by atoms with Crippen molar-refractivity contribution in [3.8, 4) is 5.75 Å². The summed E-state index contributed by atoms with van der Waals surface area (Å²) in [6.45, 7) is 1.30. The summed E-state index contributed by atoms with van der Waals surface area (Å²) in [6.07, 6.45) is -4.63. The van der Waals surface area contributed by atoms with Crippen LogP contribution in [0, 0.1) is 12.1 Å². The number of carbonyl (C=O) groups is 1. The number of nitrogens with zero attached hydrogens (tertiary/aromatic N) is 4. The van der Waals surface area contributed by atoms with Crippen LogP contribution >= 0.6 is 27.5 Å². The van der Waals surface area contributed by atoms with Gasteiger partial charge in [0.25, 0.3) is 0 Å². The number of hydrazine groups is 1. The standard InChI is InChI=1S/C24H23BrClF3N4O2/c1-30-22(16-6-4-3-5-7-16)21(25)23(24(27,28)29)33(30)15-20(34)32-12-10-31(11-13-32)17-8-9-18(26)19(14-17)35-2/h3-7,14,22H,10-13,15H2,1-2H3. The number of halogens is 5. The van der Waals surface area contributed by atoms with Gasteiger partial charge in [0.1, 0.15) is 23.0 Å². The van der Waals surface area contributed by atoms with Gasteiger partial charge in [-0.05, 0) is 17.7 Å². The Morgan fingerprint density at radius 1 is 1.17 bits per heavy atom. The van der Waals surface area contributed by atoms with Gasteiger partial charge in [-0.2, -0.15) is 13.2 Å². The Labute approximate surface area is 215 Å². The summed E-state index contributed by atoms with van der Waals surface area (Å²) in [5.41, 5.74) is 0.562. The van der Waals surface area contributed by atoms with Crippen molar-refractivity contribution >= 4 is 39.1 Å². The number of carbonyl (C=O) groups excluding carboxylic acids is 1. The molecule has 0 bridgehead atoms. The second-order valence-corrected chi connectivity index (χ2v) is 9.40. The van der Waals surface area contributed by atoms with Gasteiger partial charge in [0, 0.05) is 43.8 Å². The van der Waals surface area contributed by atoms with Crippen LogP contribution < -0.4 is 9.64 Å². The molecular weight excluding hydrogens is 549 g/mol. The number of amides is 1. The molecule has 2 aromatic carbocycles. The van der Waals surface area contributed by atoms with Crippen LogP contribution in [0.5, 0.6) is 5.75 Å². The number of benzene rings is 1. The third-order valence-corrected chi connectivity index (χ3v) is 7.22. The molecule has 0 N–H and O–H groups in total. The first-order valence-corrected chi connectivity index (χ1v) is 12.0. The van der Waals surface area contributed by atoms with Crippen molar-refractivity contribution in [3.05, 3.63) is 69.3 Å². The van der Waals surface area contributed by atoms with E-state index in [4.69, 9.17) is 16.3 Å². The number of hydrogen-bond acceptors (Lipinski definition) is 5. The molecule has 1 amide bonds. The minimum Gasteiger partial charge on any atom is -0.494 e. The van der Waals surface area contributed by atoms with Crippen LogP contribution in [0.1, 0.15) is 11.6 Å². The highest BCUT2D eigenvalue weighted by Gasteiger charge is 2.49. The molecule has 4 rings (SSSR count). The Hall–Kier alpha value is -2.61. The van der Waals surface area contributed by atoms with E-state index in [9.17, 15) is 18.0 Å². The molecule has 1 fully saturated rings. The Bertz CT molecular complexity index is 1110. The van der Waals surface area contributed by atoms with Crippen LogP contribution in [0.15, 0.2) is 46.6 Å². The molecule has 0 aliphatic carbocycles. The molecule has 2 aliphatic rings. The first-order chi connectivity index (χ1) is 16.6. The lowest BCUT2D eigenvalue weighted by Crippen LogP contribution is -2.52. The maximum absolute atomic E-state index is 14.0. The van der Waals surface area contributed by atoms with Crippen LogP contribution in [0.3, 0.4) is 0 Å². The van der Waals surface area contributed by atoms with Crippen molar-refractivity contribution in [1.29, 1.82) is 0 Å². The quantitative estimate of drug-likeness (QED) is 0.522. The molecule has 6 nitrogen and oxygen atoms in total. The predicted molar refractivity (Wildman–Crippen MR) is 130 cm³/mol. The highest BCUT2D eigenvalue weighted by atomic mass is 79.9. The van der Waals surface area contributed by atoms with Crippen molar-refractivity contribution in [3.63, 3.8) is 0 Å². The largest absolute Gasteiger partial charge is 0.494 e. The van der Waals surface area contributed by atoms with E-state index in [1.807, 2.05) is 4.90 Å². The van der Waals surface area contributed by atoms with Gasteiger partial charge >= 0.3 is 6.18 Å². The van der Waals surface area contributed by atoms with Crippen molar-refractivity contribution in [2.75, 3.05) is 51.8 Å². The summed E-state index contributed by atoms with van der Waals surface area (Å²) in [5, 5.41) is 2.80. The molecule has 0 radical (unpaired) electrons. The Balaban J connectivity index is 1.46. The summed E-state index contributed by atoms with van der Waals surface area (Å²) < 4.78 is 47.3. The van der Waals surface area contributed by atoms with Crippen molar-refractivity contribution in [2.24, 2.45) is 0 Å². The number of anilines is 1. The van der Waals surface area contributed by atoms with E-state index in [0.29, 0.717) is 42.5 Å². The third kappa shape index (κ3) is 5.17. The molecule has 0 aromatic heterocycles. The molecule has 1 unspecified atom stereocenters. The van der Waals surface area contributed by atoms with Gasteiger partial charge in [-0.25, -0.2) is 5.01 Å². The molecule has 35 heavy (non-hydrogen) atoms. The van der Waals surface area contributed by atoms with Crippen LogP contribution in [0.2, 0.25) is 5.02 Å². The summed E-state index contributed by atoms with van der Waals surface area (Å²) in [7, 11) is 3.07. The van der Waals surface area contributed by atoms with Crippen LogP contribution in [0.25, 0.3) is 0 Å². The predicted octanol–water partition coefficient (Wildman–Crippen LogP) is 4.67. The fourth-order valence-electron chi connectivity index (χ4n) is 4.33. The Morgan fingerprint density at radius 2 is 1.83 bits per heavy atom. The number of ether oxygens (including phenoxy) is 1. The smallest absolute Gasteiger partial charge is 0.433 e. The number of hydrogen-bond donors (Lipinski definition) is 0. The van der Waals surface area contributed by atoms with Gasteiger partial charge in [0.2, 0.25) is 5.91 Å². The van der Waals surface area contributed by atoms with Crippen LogP contribution in [-0.2, 0) is 4.79 Å². The monoisotopic (exact) mass is 570 g/mol. The highest BCUT2D eigenvalue weighted by molar-refractivity contribution is 9.11. The third-order valence-electron chi connectivity index (χ3n) is 6.13. The van der Waals surface area contributed by atoms with Crippen molar-refractivity contribution in [2.45, 2.75) is 12.2 Å². The topological polar surface area (TPSA) is 39.3 Å². The van der Waals surface area contributed by atoms with E-state index >= 15 is 0 Å². The number of rotatable bonds is 5. The molecule has 0 saturated carbocycles. The molecule has 1 atom stereocenters. The molecule has 11 heteroatoms. The minimum atomic E-state index is -4.63. The van der Waals surface area contributed by atoms with Gasteiger partial charge in [0.15, 0.2) is 0 Å². The zero-order valence-corrected chi connectivity index (χ0v) is 21.4. The van der Waals surface area contributed by atoms with Crippen molar-refractivity contribution < 1.29 is 22.7 Å². The van der Waals surface area contributed by atoms with E-state index < -0.39 is 24.5 Å². The lowest BCUT2D eigenvalue weighted by molar-refractivity contribution is -0.146. The normalized spacial score (nSPS) is 19.3. The molecule has 186 valence electrons. The van der Waals surface area contributed by atoms with Crippen molar-refractivity contribution in [1.82, 2.24) is 14.9 Å². The number of piperazine rings is 1. The summed E-state index contributed by atoms with van der Waals surface area (Å²) in [5.74, 6) is 0.0949. The lowest BCUT2D eigenvalue weighted by atomic mass is 10.1. The number of likely N-dealkylation sites (N-methyl/N-ethyl adjacent to an activating group) is 1. The fourth-order valence-corrected chi connectivity index (χ4v) is 5.50. The zero-order valence-electron chi connectivity index (χ0n) is 19.1. The number of alkyl halides is 3. The SMILES string of the molecule is COc1cc(N2CCN(C(=O)CN3C(C(F)(F)F)=C(Br)C(c4ccccc4)N3C)CC2)c#cc1Cl. The maximum Gasteiger partial charge on any atom is 0.433 e. The molecular formula is C24H23BrClF3N4O2. The average Bonchev–Trinajstić information content (AvgIpc) is 3.09. The van der Waals surface area contributed by atoms with E-state index in [1.165, 1.54) is 12.1 Å². The first kappa shape index (κ1) is 25.5. The zero-order chi connectivity index (χ0) is 25.3. The van der Waals surface area contributed by atoms with E-state index in [1.54, 1.807) is 48.3 Å². The molecule has 2 heterocycles. The highest BCUT2D eigenvalue weighted by Crippen LogP contribution is 2.47. The minimum absolute atomic E-state index is 0.0141. The van der Waals surface area contributed by atoms with Gasteiger partial charge in [-0.15, -0.1) is 0 Å². The van der Waals surface area contributed by atoms with E-state index in [0.717, 1.165) is 10.7 Å². The number of methoxy groups -OCH3 is 1. The number of allylic oxidation sites excluding steroid dienone is 1. The lowest BCUT2D eigenvalue weighted by Gasteiger charge is -2.38. The fraction of sp³-hybridized carbons (Fsp3) is 0.375. The second-order valence-electron chi connectivity index (χ2n) is 8.17. The van der Waals surface area contributed by atoms with E-state index in [-0.39, 0.29) is 10.4 Å². The van der Waals surface area contributed by atoms with E-state index in [2.05, 4.69) is 28.1 Å². The summed E-state index contributed by atoms with van der Waals surface area (Å²) in [4.78, 5) is 16.7. The molecule has 0 spiro atoms. The van der Waals surface area contributed by atoms with Crippen LogP contribution in [-0.4, -0.2) is 73.9 Å². The van der Waals surface area contributed by atoms with Gasteiger partial charge < -0.3 is 14.5 Å². The van der Waals surface area contributed by atoms with Gasteiger partial charge in [-0.3, -0.25) is 9.80 Å². The van der Waals surface area contributed by atoms with Gasteiger partial charge in [0.05, 0.1) is 18.8 Å². The summed E-state index contributed by atoms with van der Waals surface area (Å²) in [6, 6.07) is 15.7. The van der Waals surface area contributed by atoms with Crippen LogP contribution in [0.4, 0.5) is 18.9 Å². The molecule has 2 aromatic rings. The molecule has 1 saturated heterocycles. The Kier molecular flexibility index (Phi) is 7.40. The maximum atomic E-state index is 14.0. The first-order valence-electron chi connectivity index (χ1n) is 10.8.